The minimum absolute atomic E-state index is 0.124. The zero-order valence-electron chi connectivity index (χ0n) is 10.6. The van der Waals surface area contributed by atoms with Crippen LogP contribution in [-0.2, 0) is 13.5 Å². The molecule has 1 aromatic rings. The van der Waals surface area contributed by atoms with E-state index in [-0.39, 0.29) is 5.91 Å². The van der Waals surface area contributed by atoms with Gasteiger partial charge in [0, 0.05) is 32.9 Å². The van der Waals surface area contributed by atoms with Crippen molar-refractivity contribution in [1.82, 2.24) is 20.0 Å². The number of hydrogen-bond donors (Lipinski definition) is 1. The highest BCUT2D eigenvalue weighted by atomic mass is 16.2. The second-order valence-electron chi connectivity index (χ2n) is 4.41. The fourth-order valence-corrected chi connectivity index (χ4v) is 2.19. The van der Waals surface area contributed by atoms with Gasteiger partial charge >= 0.3 is 0 Å². The second kappa shape index (κ2) is 5.31. The minimum Gasteiger partial charge on any atom is -0.337 e. The van der Waals surface area contributed by atoms with Crippen molar-refractivity contribution >= 4 is 5.91 Å². The van der Waals surface area contributed by atoms with E-state index in [9.17, 15) is 4.79 Å². The summed E-state index contributed by atoms with van der Waals surface area (Å²) in [4.78, 5) is 14.3. The number of amides is 1. The lowest BCUT2D eigenvalue weighted by atomic mass is 10.2. The van der Waals surface area contributed by atoms with E-state index in [0.29, 0.717) is 0 Å². The van der Waals surface area contributed by atoms with E-state index in [1.165, 1.54) is 0 Å². The number of aryl methyl sites for hydroxylation is 2. The van der Waals surface area contributed by atoms with E-state index in [4.69, 9.17) is 0 Å². The summed E-state index contributed by atoms with van der Waals surface area (Å²) in [5, 5.41) is 7.62. The van der Waals surface area contributed by atoms with Crippen LogP contribution in [0.1, 0.15) is 29.4 Å². The Morgan fingerprint density at radius 3 is 3.06 bits per heavy atom. The van der Waals surface area contributed by atoms with Gasteiger partial charge < -0.3 is 10.2 Å². The van der Waals surface area contributed by atoms with E-state index in [0.717, 1.165) is 50.3 Å². The first-order valence-corrected chi connectivity index (χ1v) is 6.25. The molecule has 0 unspecified atom stereocenters. The highest BCUT2D eigenvalue weighted by Gasteiger charge is 2.21. The van der Waals surface area contributed by atoms with Gasteiger partial charge in [0.15, 0.2) is 0 Å². The molecular formula is C12H20N4O. The van der Waals surface area contributed by atoms with Gasteiger partial charge in [0.1, 0.15) is 0 Å². The molecule has 0 spiro atoms. The molecule has 0 atom stereocenters. The first-order valence-electron chi connectivity index (χ1n) is 6.25. The number of nitrogens with one attached hydrogen (secondary N) is 1. The molecule has 1 fully saturated rings. The summed E-state index contributed by atoms with van der Waals surface area (Å²) >= 11 is 0. The lowest BCUT2D eigenvalue weighted by molar-refractivity contribution is 0.0765. The quantitative estimate of drug-likeness (QED) is 0.809. The van der Waals surface area contributed by atoms with E-state index < -0.39 is 0 Å². The largest absolute Gasteiger partial charge is 0.337 e. The monoisotopic (exact) mass is 236 g/mol. The molecule has 2 rings (SSSR count). The highest BCUT2D eigenvalue weighted by Crippen LogP contribution is 2.11. The van der Waals surface area contributed by atoms with E-state index in [2.05, 4.69) is 10.4 Å². The van der Waals surface area contributed by atoms with Crippen LogP contribution >= 0.6 is 0 Å². The molecule has 0 bridgehead atoms. The normalized spacial score (nSPS) is 16.9. The Morgan fingerprint density at radius 1 is 1.47 bits per heavy atom. The van der Waals surface area contributed by atoms with E-state index in [1.54, 1.807) is 4.68 Å². The Labute approximate surface area is 102 Å². The Kier molecular flexibility index (Phi) is 3.78. The Morgan fingerprint density at radius 2 is 2.29 bits per heavy atom. The summed E-state index contributed by atoms with van der Waals surface area (Å²) < 4.78 is 1.72. The standard InChI is InChI=1S/C12H20N4O/c1-3-11-10(9-15(2)14-11)12(17)16-7-4-5-13-6-8-16/h9,13H,3-8H2,1-2H3. The lowest BCUT2D eigenvalue weighted by Gasteiger charge is -2.19. The Balaban J connectivity index is 2.17. The molecule has 2 heterocycles. The maximum Gasteiger partial charge on any atom is 0.257 e. The Hall–Kier alpha value is -1.36. The molecule has 1 saturated heterocycles. The number of hydrogen-bond acceptors (Lipinski definition) is 3. The van der Waals surface area contributed by atoms with Crippen molar-refractivity contribution in [3.8, 4) is 0 Å². The molecule has 1 aliphatic heterocycles. The maximum atomic E-state index is 12.4. The van der Waals surface area contributed by atoms with Gasteiger partial charge in [-0.2, -0.15) is 5.10 Å². The molecule has 1 aliphatic rings. The van der Waals surface area contributed by atoms with Gasteiger partial charge in [0.2, 0.25) is 0 Å². The molecule has 0 saturated carbocycles. The minimum atomic E-state index is 0.124. The second-order valence-corrected chi connectivity index (χ2v) is 4.41. The van der Waals surface area contributed by atoms with Crippen molar-refractivity contribution in [2.24, 2.45) is 7.05 Å². The summed E-state index contributed by atoms with van der Waals surface area (Å²) in [6, 6.07) is 0. The molecule has 1 N–H and O–H groups in total. The zero-order chi connectivity index (χ0) is 12.3. The molecule has 0 aromatic carbocycles. The van der Waals surface area contributed by atoms with Crippen LogP contribution in [0.15, 0.2) is 6.20 Å². The van der Waals surface area contributed by atoms with Crippen LogP contribution in [0.4, 0.5) is 0 Å². The predicted molar refractivity (Wildman–Crippen MR) is 66.0 cm³/mol. The van der Waals surface area contributed by atoms with Crippen LogP contribution in [0.3, 0.4) is 0 Å². The van der Waals surface area contributed by atoms with Gasteiger partial charge in [-0.15, -0.1) is 0 Å². The molecule has 0 radical (unpaired) electrons. The summed E-state index contributed by atoms with van der Waals surface area (Å²) in [6.45, 7) is 5.54. The van der Waals surface area contributed by atoms with Crippen LogP contribution in [0.2, 0.25) is 0 Å². The van der Waals surface area contributed by atoms with Gasteiger partial charge in [-0.05, 0) is 19.4 Å². The highest BCUT2D eigenvalue weighted by molar-refractivity contribution is 5.95. The van der Waals surface area contributed by atoms with Crippen LogP contribution in [-0.4, -0.2) is 46.8 Å². The number of nitrogens with zero attached hydrogens (tertiary/aromatic N) is 3. The molecule has 5 nitrogen and oxygen atoms in total. The van der Waals surface area contributed by atoms with Crippen LogP contribution < -0.4 is 5.32 Å². The lowest BCUT2D eigenvalue weighted by Crippen LogP contribution is -2.34. The number of carbonyl (C=O) groups is 1. The molecule has 1 aromatic heterocycles. The number of rotatable bonds is 2. The van der Waals surface area contributed by atoms with Crippen molar-refractivity contribution in [1.29, 1.82) is 0 Å². The average molecular weight is 236 g/mol. The summed E-state index contributed by atoms with van der Waals surface area (Å²) in [6.07, 6.45) is 3.65. The summed E-state index contributed by atoms with van der Waals surface area (Å²) in [5.41, 5.74) is 1.66. The number of aromatic nitrogens is 2. The van der Waals surface area contributed by atoms with Crippen molar-refractivity contribution in [2.45, 2.75) is 19.8 Å². The number of carbonyl (C=O) groups excluding carboxylic acids is 1. The molecule has 5 heteroatoms. The van der Waals surface area contributed by atoms with Gasteiger partial charge in [0.25, 0.3) is 5.91 Å². The van der Waals surface area contributed by atoms with Crippen molar-refractivity contribution in [3.05, 3.63) is 17.5 Å². The van der Waals surface area contributed by atoms with Gasteiger partial charge in [-0.25, -0.2) is 0 Å². The topological polar surface area (TPSA) is 50.2 Å². The molecule has 1 amide bonds. The van der Waals surface area contributed by atoms with Crippen LogP contribution in [0.25, 0.3) is 0 Å². The fraction of sp³-hybridized carbons (Fsp3) is 0.667. The smallest absolute Gasteiger partial charge is 0.257 e. The third-order valence-electron chi connectivity index (χ3n) is 3.10. The average Bonchev–Trinajstić information content (AvgIpc) is 2.55. The fourth-order valence-electron chi connectivity index (χ4n) is 2.19. The SMILES string of the molecule is CCc1nn(C)cc1C(=O)N1CCCNCC1. The molecule has 94 valence electrons. The third kappa shape index (κ3) is 2.66. The zero-order valence-corrected chi connectivity index (χ0v) is 10.6. The van der Waals surface area contributed by atoms with E-state index in [1.807, 2.05) is 25.1 Å². The van der Waals surface area contributed by atoms with Gasteiger partial charge in [0.05, 0.1) is 11.3 Å². The summed E-state index contributed by atoms with van der Waals surface area (Å²) in [5.74, 6) is 0.124. The van der Waals surface area contributed by atoms with Crippen molar-refractivity contribution in [2.75, 3.05) is 26.2 Å². The van der Waals surface area contributed by atoms with Crippen LogP contribution in [0, 0.1) is 0 Å². The van der Waals surface area contributed by atoms with Gasteiger partial charge in [-0.3, -0.25) is 9.48 Å². The summed E-state index contributed by atoms with van der Waals surface area (Å²) in [7, 11) is 1.86. The molecule has 17 heavy (non-hydrogen) atoms. The van der Waals surface area contributed by atoms with Crippen molar-refractivity contribution in [3.63, 3.8) is 0 Å². The first-order chi connectivity index (χ1) is 8.22. The maximum absolute atomic E-state index is 12.4. The van der Waals surface area contributed by atoms with Gasteiger partial charge in [-0.1, -0.05) is 6.92 Å². The molecular weight excluding hydrogens is 216 g/mol. The Bertz CT molecular complexity index is 391. The van der Waals surface area contributed by atoms with Crippen LogP contribution in [0.5, 0.6) is 0 Å². The first kappa shape index (κ1) is 12.1. The third-order valence-corrected chi connectivity index (χ3v) is 3.10. The molecule has 0 aliphatic carbocycles. The predicted octanol–water partition coefficient (Wildman–Crippen LogP) is 0.418. The van der Waals surface area contributed by atoms with Crippen molar-refractivity contribution < 1.29 is 4.79 Å². The van der Waals surface area contributed by atoms with E-state index >= 15 is 0 Å².